The lowest BCUT2D eigenvalue weighted by Gasteiger charge is -2.22. The van der Waals surface area contributed by atoms with Crippen molar-refractivity contribution >= 4 is 17.7 Å². The summed E-state index contributed by atoms with van der Waals surface area (Å²) in [6.45, 7) is 6.22. The van der Waals surface area contributed by atoms with Crippen LogP contribution in [0.25, 0.3) is 0 Å². The van der Waals surface area contributed by atoms with Gasteiger partial charge in [-0.25, -0.2) is 4.79 Å². The van der Waals surface area contributed by atoms with Crippen LogP contribution in [0.2, 0.25) is 0 Å². The molecule has 0 aliphatic carbocycles. The Labute approximate surface area is 166 Å². The molecule has 6 nitrogen and oxygen atoms in total. The van der Waals surface area contributed by atoms with Gasteiger partial charge in [0.1, 0.15) is 11.5 Å². The Kier molecular flexibility index (Phi) is 7.44. The largest absolute Gasteiger partial charge is 0.497 e. The molecule has 0 aliphatic heterocycles. The second kappa shape index (κ2) is 9.78. The van der Waals surface area contributed by atoms with Gasteiger partial charge in [-0.05, 0) is 36.2 Å². The lowest BCUT2D eigenvalue weighted by Crippen LogP contribution is -2.30. The van der Waals surface area contributed by atoms with Crippen LogP contribution in [0.3, 0.4) is 0 Å². The zero-order valence-corrected chi connectivity index (χ0v) is 16.9. The number of nitrogens with one attached hydrogen (secondary N) is 2. The normalized spacial score (nSPS) is 10.9. The summed E-state index contributed by atoms with van der Waals surface area (Å²) in [7, 11) is 1.60. The summed E-state index contributed by atoms with van der Waals surface area (Å²) in [6, 6.07) is 14.2. The molecule has 2 N–H and O–H groups in total. The smallest absolute Gasteiger partial charge is 0.412 e. The number of methoxy groups -OCH3 is 1. The van der Waals surface area contributed by atoms with Crippen LogP contribution in [0.4, 0.5) is 10.5 Å². The maximum absolute atomic E-state index is 12.4. The molecule has 0 saturated heterocycles. The van der Waals surface area contributed by atoms with Gasteiger partial charge in [0.05, 0.1) is 7.11 Å². The fourth-order valence-electron chi connectivity index (χ4n) is 2.74. The van der Waals surface area contributed by atoms with Gasteiger partial charge in [0.15, 0.2) is 0 Å². The van der Waals surface area contributed by atoms with Crippen molar-refractivity contribution in [2.45, 2.75) is 40.2 Å². The minimum absolute atomic E-state index is 0.0598. The van der Waals surface area contributed by atoms with Gasteiger partial charge >= 0.3 is 6.09 Å². The van der Waals surface area contributed by atoms with Gasteiger partial charge in [-0.3, -0.25) is 4.79 Å². The molecule has 0 spiro atoms. The van der Waals surface area contributed by atoms with Crippen LogP contribution in [-0.2, 0) is 11.3 Å². The van der Waals surface area contributed by atoms with Gasteiger partial charge in [0, 0.05) is 23.7 Å². The molecule has 0 bridgehead atoms. The van der Waals surface area contributed by atoms with E-state index < -0.39 is 11.5 Å². The van der Waals surface area contributed by atoms with Crippen molar-refractivity contribution < 1.29 is 19.1 Å². The molecule has 0 unspecified atom stereocenters. The number of carbonyl (C=O) groups excluding carboxylic acids is 2. The highest BCUT2D eigenvalue weighted by Crippen LogP contribution is 2.25. The molecular formula is C22H28N2O4. The molecule has 150 valence electrons. The molecule has 0 heterocycles. The van der Waals surface area contributed by atoms with Crippen molar-refractivity contribution in [2.75, 3.05) is 12.4 Å². The summed E-state index contributed by atoms with van der Waals surface area (Å²) in [5.41, 5.74) is 1.06. The van der Waals surface area contributed by atoms with Crippen LogP contribution in [0, 0.1) is 5.41 Å². The van der Waals surface area contributed by atoms with Gasteiger partial charge in [0.2, 0.25) is 5.91 Å². The van der Waals surface area contributed by atoms with E-state index in [2.05, 4.69) is 10.6 Å². The van der Waals surface area contributed by atoms with E-state index in [0.29, 0.717) is 18.0 Å². The Hall–Kier alpha value is -3.02. The number of anilines is 1. The molecular weight excluding hydrogens is 356 g/mol. The SMILES string of the molecule is CCCC(C)(C)C(=O)Nc1cccc(OC(=O)NCc2ccc(OC)cc2)c1. The Morgan fingerprint density at radius 1 is 1.04 bits per heavy atom. The number of hydrogen-bond donors (Lipinski definition) is 2. The minimum atomic E-state index is -0.564. The molecule has 0 aliphatic rings. The van der Waals surface area contributed by atoms with E-state index in [1.54, 1.807) is 31.4 Å². The van der Waals surface area contributed by atoms with Gasteiger partial charge in [-0.15, -0.1) is 0 Å². The third-order valence-electron chi connectivity index (χ3n) is 4.39. The van der Waals surface area contributed by atoms with Gasteiger partial charge in [-0.1, -0.05) is 45.4 Å². The third kappa shape index (κ3) is 6.30. The lowest BCUT2D eigenvalue weighted by atomic mass is 9.87. The first kappa shape index (κ1) is 21.3. The topological polar surface area (TPSA) is 76.7 Å². The Bertz CT molecular complexity index is 800. The summed E-state index contributed by atoms with van der Waals surface area (Å²) in [6.07, 6.45) is 1.16. The van der Waals surface area contributed by atoms with Gasteiger partial charge in [-0.2, -0.15) is 0 Å². The fourth-order valence-corrected chi connectivity index (χ4v) is 2.74. The number of hydrogen-bond acceptors (Lipinski definition) is 4. The zero-order valence-electron chi connectivity index (χ0n) is 16.9. The highest BCUT2D eigenvalue weighted by Gasteiger charge is 2.26. The summed E-state index contributed by atoms with van der Waals surface area (Å²) in [4.78, 5) is 24.5. The molecule has 6 heteroatoms. The van der Waals surface area contributed by atoms with Crippen LogP contribution in [0.1, 0.15) is 39.2 Å². The summed E-state index contributed by atoms with van der Waals surface area (Å²) in [5.74, 6) is 1.06. The molecule has 0 radical (unpaired) electrons. The maximum Gasteiger partial charge on any atom is 0.412 e. The molecule has 0 atom stereocenters. The van der Waals surface area contributed by atoms with Gasteiger partial charge < -0.3 is 20.1 Å². The highest BCUT2D eigenvalue weighted by molar-refractivity contribution is 5.95. The molecule has 2 aromatic rings. The lowest BCUT2D eigenvalue weighted by molar-refractivity contribution is -0.124. The number of carbonyl (C=O) groups is 2. The quantitative estimate of drug-likeness (QED) is 0.689. The average Bonchev–Trinajstić information content (AvgIpc) is 2.67. The molecule has 2 aromatic carbocycles. The fraction of sp³-hybridized carbons (Fsp3) is 0.364. The Morgan fingerprint density at radius 2 is 1.75 bits per heavy atom. The van der Waals surface area contributed by atoms with E-state index in [4.69, 9.17) is 9.47 Å². The number of ether oxygens (including phenoxy) is 2. The minimum Gasteiger partial charge on any atom is -0.497 e. The summed E-state index contributed by atoms with van der Waals surface area (Å²) in [5, 5.41) is 5.58. The van der Waals surface area contributed by atoms with Crippen LogP contribution in [0.15, 0.2) is 48.5 Å². The number of rotatable bonds is 8. The first-order valence-corrected chi connectivity index (χ1v) is 9.34. The summed E-state index contributed by atoms with van der Waals surface area (Å²) >= 11 is 0. The van der Waals surface area contributed by atoms with E-state index >= 15 is 0 Å². The number of benzene rings is 2. The molecule has 28 heavy (non-hydrogen) atoms. The molecule has 0 fully saturated rings. The predicted octanol–water partition coefficient (Wildman–Crippen LogP) is 4.75. The van der Waals surface area contributed by atoms with Crippen molar-refractivity contribution in [1.29, 1.82) is 0 Å². The van der Waals surface area contributed by atoms with Crippen molar-refractivity contribution in [2.24, 2.45) is 5.41 Å². The first-order valence-electron chi connectivity index (χ1n) is 9.34. The Balaban J connectivity index is 1.90. The predicted molar refractivity (Wildman–Crippen MR) is 110 cm³/mol. The zero-order chi connectivity index (χ0) is 20.6. The van der Waals surface area contributed by atoms with E-state index in [1.807, 2.05) is 45.0 Å². The first-order chi connectivity index (χ1) is 13.3. The second-order valence-electron chi connectivity index (χ2n) is 7.21. The molecule has 0 aromatic heterocycles. The summed E-state index contributed by atoms with van der Waals surface area (Å²) < 4.78 is 10.4. The average molecular weight is 384 g/mol. The molecule has 2 amide bonds. The molecule has 2 rings (SSSR count). The third-order valence-corrected chi connectivity index (χ3v) is 4.39. The van der Waals surface area contributed by atoms with Crippen molar-refractivity contribution in [3.63, 3.8) is 0 Å². The second-order valence-corrected chi connectivity index (χ2v) is 7.21. The van der Waals surface area contributed by atoms with Crippen LogP contribution < -0.4 is 20.1 Å². The van der Waals surface area contributed by atoms with Crippen molar-refractivity contribution in [1.82, 2.24) is 5.32 Å². The maximum atomic E-state index is 12.4. The number of amides is 2. The van der Waals surface area contributed by atoms with Crippen LogP contribution in [0.5, 0.6) is 11.5 Å². The van der Waals surface area contributed by atoms with Crippen LogP contribution >= 0.6 is 0 Å². The van der Waals surface area contributed by atoms with E-state index in [1.165, 1.54) is 0 Å². The Morgan fingerprint density at radius 3 is 2.39 bits per heavy atom. The van der Waals surface area contributed by atoms with Crippen LogP contribution in [-0.4, -0.2) is 19.1 Å². The van der Waals surface area contributed by atoms with Crippen molar-refractivity contribution in [3.05, 3.63) is 54.1 Å². The van der Waals surface area contributed by atoms with E-state index in [0.717, 1.165) is 24.2 Å². The van der Waals surface area contributed by atoms with E-state index in [-0.39, 0.29) is 5.91 Å². The monoisotopic (exact) mass is 384 g/mol. The van der Waals surface area contributed by atoms with Crippen molar-refractivity contribution in [3.8, 4) is 11.5 Å². The highest BCUT2D eigenvalue weighted by atomic mass is 16.6. The standard InChI is InChI=1S/C22H28N2O4/c1-5-13-22(2,3)20(25)24-17-7-6-8-19(14-17)28-21(26)23-15-16-9-11-18(27-4)12-10-16/h6-12,14H,5,13,15H2,1-4H3,(H,23,26)(H,24,25). The van der Waals surface area contributed by atoms with E-state index in [9.17, 15) is 9.59 Å². The van der Waals surface area contributed by atoms with Gasteiger partial charge in [0.25, 0.3) is 0 Å². The molecule has 0 saturated carbocycles.